The average Bonchev–Trinajstić information content (AvgIpc) is 2.98. The van der Waals surface area contributed by atoms with Crippen molar-refractivity contribution < 1.29 is 0 Å². The molecule has 100 valence electrons. The smallest absolute Gasteiger partial charge is 0.0198 e. The fourth-order valence-corrected chi connectivity index (χ4v) is 4.02. The average molecular weight is 239 g/mol. The second-order valence-electron chi connectivity index (χ2n) is 6.47. The maximum absolute atomic E-state index is 3.42. The summed E-state index contributed by atoms with van der Waals surface area (Å²) < 4.78 is 0. The fraction of sp³-hybridized carbons (Fsp3) is 1.00. The van der Waals surface area contributed by atoms with Crippen molar-refractivity contribution in [2.45, 2.75) is 31.7 Å². The third kappa shape index (κ3) is 2.83. The van der Waals surface area contributed by atoms with E-state index in [0.717, 1.165) is 12.0 Å². The Morgan fingerprint density at radius 2 is 2.12 bits per heavy atom. The number of piperidine rings is 1. The van der Waals surface area contributed by atoms with Gasteiger partial charge in [0.05, 0.1) is 0 Å². The monoisotopic (exact) mass is 239 g/mol. The summed E-state index contributed by atoms with van der Waals surface area (Å²) in [6.07, 6.45) is 5.62. The van der Waals surface area contributed by atoms with Gasteiger partial charge >= 0.3 is 0 Å². The van der Waals surface area contributed by atoms with Crippen molar-refractivity contribution in [2.24, 2.45) is 11.3 Å². The van der Waals surface area contributed by atoms with Gasteiger partial charge in [-0.25, -0.2) is 0 Å². The van der Waals surface area contributed by atoms with Crippen LogP contribution < -0.4 is 5.32 Å². The van der Waals surface area contributed by atoms with Crippen LogP contribution in [0.4, 0.5) is 0 Å². The highest BCUT2D eigenvalue weighted by Crippen LogP contribution is 2.52. The molecule has 17 heavy (non-hydrogen) atoms. The Kier molecular flexibility index (Phi) is 4.11. The van der Waals surface area contributed by atoms with Gasteiger partial charge in [-0.15, -0.1) is 0 Å². The minimum absolute atomic E-state index is 0.571. The predicted octanol–water partition coefficient (Wildman–Crippen LogP) is 1.26. The van der Waals surface area contributed by atoms with Gasteiger partial charge in [0.1, 0.15) is 0 Å². The van der Waals surface area contributed by atoms with E-state index in [-0.39, 0.29) is 0 Å². The third-order valence-electron chi connectivity index (χ3n) is 4.71. The Morgan fingerprint density at radius 1 is 1.41 bits per heavy atom. The molecule has 1 aliphatic heterocycles. The van der Waals surface area contributed by atoms with E-state index in [1.54, 1.807) is 0 Å². The molecular formula is C14H29N3. The van der Waals surface area contributed by atoms with Crippen molar-refractivity contribution in [3.05, 3.63) is 0 Å². The molecule has 1 saturated heterocycles. The molecule has 2 aliphatic rings. The van der Waals surface area contributed by atoms with Crippen LogP contribution in [0.2, 0.25) is 0 Å². The molecule has 0 spiro atoms. The largest absolute Gasteiger partial charge is 0.319 e. The van der Waals surface area contributed by atoms with E-state index in [0.29, 0.717) is 5.41 Å². The summed E-state index contributed by atoms with van der Waals surface area (Å²) in [6, 6.07) is 0.762. The van der Waals surface area contributed by atoms with Gasteiger partial charge in [-0.05, 0) is 71.8 Å². The zero-order chi connectivity index (χ0) is 12.5. The first kappa shape index (κ1) is 13.3. The zero-order valence-electron chi connectivity index (χ0n) is 12.0. The van der Waals surface area contributed by atoms with E-state index in [1.165, 1.54) is 45.3 Å². The molecule has 3 nitrogen and oxygen atoms in total. The van der Waals surface area contributed by atoms with Crippen LogP contribution in [0.5, 0.6) is 0 Å². The molecule has 1 N–H and O–H groups in total. The molecule has 2 unspecified atom stereocenters. The van der Waals surface area contributed by atoms with Crippen LogP contribution >= 0.6 is 0 Å². The lowest BCUT2D eigenvalue weighted by molar-refractivity contribution is 0.0721. The minimum atomic E-state index is 0.571. The molecule has 2 atom stereocenters. The number of likely N-dealkylation sites (tertiary alicyclic amines) is 1. The van der Waals surface area contributed by atoms with E-state index in [2.05, 4.69) is 43.3 Å². The molecule has 0 radical (unpaired) electrons. The lowest BCUT2D eigenvalue weighted by Gasteiger charge is -2.43. The molecular weight excluding hydrogens is 210 g/mol. The first-order valence-corrected chi connectivity index (χ1v) is 7.09. The van der Waals surface area contributed by atoms with Gasteiger partial charge in [0.15, 0.2) is 0 Å². The quantitative estimate of drug-likeness (QED) is 0.779. The molecule has 0 bridgehead atoms. The maximum Gasteiger partial charge on any atom is 0.0198 e. The predicted molar refractivity (Wildman–Crippen MR) is 73.3 cm³/mol. The SMILES string of the molecule is CNCC1(C(C2CCCN(C)C2)N(C)C)CC1. The zero-order valence-corrected chi connectivity index (χ0v) is 12.0. The van der Waals surface area contributed by atoms with Gasteiger partial charge in [0, 0.05) is 19.1 Å². The van der Waals surface area contributed by atoms with Gasteiger partial charge in [0.2, 0.25) is 0 Å². The second-order valence-corrected chi connectivity index (χ2v) is 6.47. The molecule has 2 fully saturated rings. The normalized spacial score (nSPS) is 30.5. The highest BCUT2D eigenvalue weighted by atomic mass is 15.2. The number of hydrogen-bond acceptors (Lipinski definition) is 3. The molecule has 0 amide bonds. The van der Waals surface area contributed by atoms with Gasteiger partial charge in [-0.1, -0.05) is 0 Å². The van der Waals surface area contributed by atoms with Crippen LogP contribution in [-0.4, -0.2) is 63.7 Å². The van der Waals surface area contributed by atoms with Gasteiger partial charge in [-0.3, -0.25) is 0 Å². The molecule has 1 saturated carbocycles. The second kappa shape index (κ2) is 5.25. The first-order chi connectivity index (χ1) is 8.09. The van der Waals surface area contributed by atoms with E-state index < -0.39 is 0 Å². The molecule has 1 heterocycles. The van der Waals surface area contributed by atoms with Crippen LogP contribution in [0, 0.1) is 11.3 Å². The Balaban J connectivity index is 2.06. The third-order valence-corrected chi connectivity index (χ3v) is 4.71. The molecule has 2 rings (SSSR count). The van der Waals surface area contributed by atoms with Crippen molar-refractivity contribution in [3.63, 3.8) is 0 Å². The highest BCUT2D eigenvalue weighted by molar-refractivity contribution is 5.06. The minimum Gasteiger partial charge on any atom is -0.319 e. The summed E-state index contributed by atoms with van der Waals surface area (Å²) >= 11 is 0. The Hall–Kier alpha value is -0.120. The van der Waals surface area contributed by atoms with Crippen LogP contribution in [0.1, 0.15) is 25.7 Å². The van der Waals surface area contributed by atoms with Crippen molar-refractivity contribution in [3.8, 4) is 0 Å². The number of rotatable bonds is 5. The van der Waals surface area contributed by atoms with Crippen LogP contribution in [-0.2, 0) is 0 Å². The van der Waals surface area contributed by atoms with E-state index >= 15 is 0 Å². The van der Waals surface area contributed by atoms with Crippen molar-refractivity contribution in [1.29, 1.82) is 0 Å². The van der Waals surface area contributed by atoms with Gasteiger partial charge < -0.3 is 15.1 Å². The number of nitrogens with one attached hydrogen (secondary N) is 1. The highest BCUT2D eigenvalue weighted by Gasteiger charge is 2.52. The van der Waals surface area contributed by atoms with Crippen LogP contribution in [0.25, 0.3) is 0 Å². The summed E-state index contributed by atoms with van der Waals surface area (Å²) in [5.41, 5.74) is 0.571. The Labute approximate surface area is 107 Å². The Morgan fingerprint density at radius 3 is 2.59 bits per heavy atom. The van der Waals surface area contributed by atoms with Crippen LogP contribution in [0.15, 0.2) is 0 Å². The van der Waals surface area contributed by atoms with Gasteiger partial charge in [0.25, 0.3) is 0 Å². The topological polar surface area (TPSA) is 18.5 Å². The lowest BCUT2D eigenvalue weighted by Crippen LogP contribution is -2.51. The molecule has 1 aliphatic carbocycles. The summed E-state index contributed by atoms with van der Waals surface area (Å²) in [4.78, 5) is 5.01. The van der Waals surface area contributed by atoms with E-state index in [1.807, 2.05) is 0 Å². The summed E-state index contributed by atoms with van der Waals surface area (Å²) in [6.45, 7) is 3.76. The van der Waals surface area contributed by atoms with Crippen molar-refractivity contribution >= 4 is 0 Å². The lowest BCUT2D eigenvalue weighted by atomic mass is 9.80. The molecule has 0 aromatic rings. The first-order valence-electron chi connectivity index (χ1n) is 7.09. The van der Waals surface area contributed by atoms with Crippen LogP contribution in [0.3, 0.4) is 0 Å². The van der Waals surface area contributed by atoms with Crippen molar-refractivity contribution in [1.82, 2.24) is 15.1 Å². The number of nitrogens with zero attached hydrogens (tertiary/aromatic N) is 2. The summed E-state index contributed by atoms with van der Waals surface area (Å²) in [5, 5.41) is 3.42. The standard InChI is InChI=1S/C14H29N3/c1-15-11-14(7-8-14)13(16(2)3)12-6-5-9-17(4)10-12/h12-13,15H,5-11H2,1-4H3. The number of hydrogen-bond donors (Lipinski definition) is 1. The fourth-order valence-electron chi connectivity index (χ4n) is 4.02. The van der Waals surface area contributed by atoms with E-state index in [9.17, 15) is 0 Å². The molecule has 0 aromatic carbocycles. The molecule has 0 aromatic heterocycles. The van der Waals surface area contributed by atoms with E-state index in [4.69, 9.17) is 0 Å². The maximum atomic E-state index is 3.42. The summed E-state index contributed by atoms with van der Waals surface area (Å²) in [5.74, 6) is 0.861. The summed E-state index contributed by atoms with van der Waals surface area (Å²) in [7, 11) is 8.92. The Bertz CT molecular complexity index is 248. The molecule has 3 heteroatoms. The van der Waals surface area contributed by atoms with Crippen molar-refractivity contribution in [2.75, 3.05) is 47.8 Å². The van der Waals surface area contributed by atoms with Gasteiger partial charge in [-0.2, -0.15) is 0 Å².